The van der Waals surface area contributed by atoms with E-state index in [1.165, 1.54) is 36.9 Å². The average molecular weight is 587 g/mol. The molecule has 44 heavy (non-hydrogen) atoms. The number of nitrogens with two attached hydrogens (primary N) is 1. The van der Waals surface area contributed by atoms with Gasteiger partial charge in [0.05, 0.1) is 4.92 Å². The number of ether oxygens (including phenoxy) is 2. The summed E-state index contributed by atoms with van der Waals surface area (Å²) in [4.78, 5) is 26.6. The van der Waals surface area contributed by atoms with Crippen LogP contribution in [0.3, 0.4) is 0 Å². The van der Waals surface area contributed by atoms with Gasteiger partial charge < -0.3 is 25.8 Å². The Morgan fingerprint density at radius 1 is 0.591 bits per heavy atom. The second kappa shape index (κ2) is 14.4. The van der Waals surface area contributed by atoms with Crippen LogP contribution in [0.2, 0.25) is 0 Å². The van der Waals surface area contributed by atoms with Gasteiger partial charge in [-0.1, -0.05) is 36.4 Å². The average Bonchev–Trinajstić information content (AvgIpc) is 3.04. The summed E-state index contributed by atoms with van der Waals surface area (Å²) >= 11 is 0. The number of aromatic nitrogens is 4. The van der Waals surface area contributed by atoms with Crippen LogP contribution < -0.4 is 25.8 Å². The minimum absolute atomic E-state index is 0.00599. The van der Waals surface area contributed by atoms with Gasteiger partial charge in [0.25, 0.3) is 5.69 Å². The van der Waals surface area contributed by atoms with Crippen LogP contribution in [0.1, 0.15) is 0 Å². The fourth-order valence-electron chi connectivity index (χ4n) is 3.68. The third kappa shape index (κ3) is 8.72. The van der Waals surface area contributed by atoms with Gasteiger partial charge in [-0.05, 0) is 60.7 Å². The first-order valence-electron chi connectivity index (χ1n) is 13.2. The highest BCUT2D eigenvalue weighted by atomic mass is 16.6. The molecule has 0 spiro atoms. The summed E-state index contributed by atoms with van der Waals surface area (Å²) in [5, 5.41) is 16.9. The zero-order valence-electron chi connectivity index (χ0n) is 23.1. The molecule has 0 amide bonds. The van der Waals surface area contributed by atoms with Gasteiger partial charge in [-0.25, -0.2) is 19.9 Å². The standard InChI is InChI=1S/C16H12N4O3.C16H14N4O/c21-20(22)13-6-8-14(9-7-13)23-16-10-15(17-11-18-16)19-12-4-2-1-3-5-12;17-12-6-8-14(9-7-12)21-16-10-15(18-11-19-16)20-13-4-2-1-3-5-13/h1-11H,(H,17,18,19);1-11H,17H2,(H,18,19,20). The highest BCUT2D eigenvalue weighted by molar-refractivity contribution is 5.57. The van der Waals surface area contributed by atoms with Gasteiger partial charge in [0.15, 0.2) is 0 Å². The van der Waals surface area contributed by atoms with Gasteiger partial charge in [0, 0.05) is 41.3 Å². The first-order valence-corrected chi connectivity index (χ1v) is 13.2. The van der Waals surface area contributed by atoms with Gasteiger partial charge in [-0.2, -0.15) is 0 Å². The van der Waals surface area contributed by atoms with E-state index in [1.54, 1.807) is 36.4 Å². The lowest BCUT2D eigenvalue weighted by Gasteiger charge is -2.08. The molecule has 2 heterocycles. The van der Waals surface area contributed by atoms with E-state index in [2.05, 4.69) is 30.6 Å². The summed E-state index contributed by atoms with van der Waals surface area (Å²) in [6.45, 7) is 0. The quantitative estimate of drug-likeness (QED) is 0.0872. The topological polar surface area (TPSA) is 163 Å². The van der Waals surface area contributed by atoms with Gasteiger partial charge >= 0.3 is 0 Å². The fraction of sp³-hybridized carbons (Fsp3) is 0. The van der Waals surface area contributed by atoms with Gasteiger partial charge in [-0.15, -0.1) is 0 Å². The number of non-ortho nitro benzene ring substituents is 1. The van der Waals surface area contributed by atoms with Crippen molar-refractivity contribution in [1.82, 2.24) is 19.9 Å². The molecule has 4 N–H and O–H groups in total. The van der Waals surface area contributed by atoms with Crippen LogP contribution in [0.25, 0.3) is 0 Å². The summed E-state index contributed by atoms with van der Waals surface area (Å²) in [6.07, 6.45) is 2.84. The molecule has 6 aromatic rings. The summed E-state index contributed by atoms with van der Waals surface area (Å²) < 4.78 is 11.2. The van der Waals surface area contributed by atoms with Crippen molar-refractivity contribution in [1.29, 1.82) is 0 Å². The number of benzene rings is 4. The Labute approximate surface area is 252 Å². The van der Waals surface area contributed by atoms with Crippen LogP contribution in [0.15, 0.2) is 134 Å². The lowest BCUT2D eigenvalue weighted by atomic mass is 10.3. The van der Waals surface area contributed by atoms with Gasteiger partial charge in [-0.3, -0.25) is 10.1 Å². The van der Waals surface area contributed by atoms with Crippen molar-refractivity contribution in [2.45, 2.75) is 0 Å². The number of nitrogens with one attached hydrogen (secondary N) is 2. The van der Waals surface area contributed by atoms with Crippen LogP contribution in [-0.2, 0) is 0 Å². The highest BCUT2D eigenvalue weighted by Crippen LogP contribution is 2.25. The van der Waals surface area contributed by atoms with E-state index in [9.17, 15) is 10.1 Å². The number of anilines is 5. The first kappa shape index (κ1) is 29.0. The van der Waals surface area contributed by atoms with Crippen LogP contribution in [0.5, 0.6) is 23.3 Å². The zero-order valence-corrected chi connectivity index (χ0v) is 23.1. The summed E-state index contributed by atoms with van der Waals surface area (Å²) in [7, 11) is 0. The van der Waals surface area contributed by atoms with Gasteiger partial charge in [0.1, 0.15) is 35.8 Å². The van der Waals surface area contributed by atoms with E-state index in [0.717, 1.165) is 11.4 Å². The lowest BCUT2D eigenvalue weighted by Crippen LogP contribution is -1.96. The number of nitrogens with zero attached hydrogens (tertiary/aromatic N) is 5. The molecule has 0 fully saturated rings. The summed E-state index contributed by atoms with van der Waals surface area (Å²) in [6, 6.07) is 35.7. The Morgan fingerprint density at radius 3 is 1.45 bits per heavy atom. The number of hydrogen-bond donors (Lipinski definition) is 3. The smallest absolute Gasteiger partial charge is 0.269 e. The molecule has 2 aromatic heterocycles. The Bertz CT molecular complexity index is 1790. The molecule has 12 nitrogen and oxygen atoms in total. The van der Waals surface area contributed by atoms with E-state index in [0.29, 0.717) is 40.6 Å². The van der Waals surface area contributed by atoms with Crippen molar-refractivity contribution in [2.24, 2.45) is 0 Å². The second-order valence-electron chi connectivity index (χ2n) is 8.99. The monoisotopic (exact) mass is 586 g/mol. The third-order valence-corrected chi connectivity index (χ3v) is 5.75. The minimum Gasteiger partial charge on any atom is -0.439 e. The van der Waals surface area contributed by atoms with Gasteiger partial charge in [0.2, 0.25) is 11.8 Å². The molecular weight excluding hydrogens is 560 g/mol. The molecule has 0 unspecified atom stereocenters. The number of nitro benzene ring substituents is 1. The number of para-hydroxylation sites is 2. The molecule has 0 aliphatic rings. The fourth-order valence-corrected chi connectivity index (χ4v) is 3.68. The van der Waals surface area contributed by atoms with E-state index in [1.807, 2.05) is 60.7 Å². The molecule has 0 radical (unpaired) electrons. The molecular formula is C32H26N8O4. The molecule has 6 rings (SSSR count). The number of nitrogen functional groups attached to an aromatic ring is 1. The van der Waals surface area contributed by atoms with Crippen LogP contribution in [-0.4, -0.2) is 24.9 Å². The SMILES string of the molecule is Nc1ccc(Oc2cc(Nc3ccccc3)ncn2)cc1.O=[N+]([O-])c1ccc(Oc2cc(Nc3ccccc3)ncn2)cc1. The molecule has 218 valence electrons. The highest BCUT2D eigenvalue weighted by Gasteiger charge is 2.07. The van der Waals surface area contributed by atoms with E-state index in [-0.39, 0.29) is 5.69 Å². The molecule has 0 aliphatic heterocycles. The van der Waals surface area contributed by atoms with Crippen molar-refractivity contribution < 1.29 is 14.4 Å². The Balaban J connectivity index is 0.000000175. The molecule has 12 heteroatoms. The summed E-state index contributed by atoms with van der Waals surface area (Å²) in [5.74, 6) is 3.19. The van der Waals surface area contributed by atoms with Crippen LogP contribution in [0, 0.1) is 10.1 Å². The number of nitro groups is 1. The van der Waals surface area contributed by atoms with Crippen molar-refractivity contribution in [2.75, 3.05) is 16.4 Å². The molecule has 0 bridgehead atoms. The van der Waals surface area contributed by atoms with Crippen molar-refractivity contribution in [3.8, 4) is 23.3 Å². The van der Waals surface area contributed by atoms with Crippen LogP contribution in [0.4, 0.5) is 34.4 Å². The third-order valence-electron chi connectivity index (χ3n) is 5.75. The maximum absolute atomic E-state index is 10.6. The van der Waals surface area contributed by atoms with Crippen molar-refractivity contribution in [3.63, 3.8) is 0 Å². The minimum atomic E-state index is -0.462. The molecule has 0 aliphatic carbocycles. The number of hydrogen-bond acceptors (Lipinski definition) is 11. The molecule has 4 aromatic carbocycles. The normalized spacial score (nSPS) is 10.1. The van der Waals surface area contributed by atoms with Crippen LogP contribution >= 0.6 is 0 Å². The zero-order chi connectivity index (χ0) is 30.6. The van der Waals surface area contributed by atoms with E-state index in [4.69, 9.17) is 15.2 Å². The molecule has 0 saturated carbocycles. The van der Waals surface area contributed by atoms with Crippen molar-refractivity contribution in [3.05, 3.63) is 144 Å². The molecule has 0 atom stereocenters. The maximum atomic E-state index is 10.6. The Kier molecular flexibility index (Phi) is 9.45. The Hall–Kier alpha value is -6.56. The van der Waals surface area contributed by atoms with Crippen molar-refractivity contribution >= 4 is 34.4 Å². The first-order chi connectivity index (χ1) is 21.5. The predicted octanol–water partition coefficient (Wildman–Crippen LogP) is 7.52. The van der Waals surface area contributed by atoms with E-state index < -0.39 is 4.92 Å². The second-order valence-corrected chi connectivity index (χ2v) is 8.99. The van der Waals surface area contributed by atoms with E-state index >= 15 is 0 Å². The molecule has 0 saturated heterocycles. The lowest BCUT2D eigenvalue weighted by molar-refractivity contribution is -0.384. The number of rotatable bonds is 9. The maximum Gasteiger partial charge on any atom is 0.269 e. The predicted molar refractivity (Wildman–Crippen MR) is 168 cm³/mol. The Morgan fingerprint density at radius 2 is 1.02 bits per heavy atom. The largest absolute Gasteiger partial charge is 0.439 e. The summed E-state index contributed by atoms with van der Waals surface area (Å²) in [5.41, 5.74) is 8.19.